The van der Waals surface area contributed by atoms with Crippen LogP contribution >= 0.6 is 0 Å². The van der Waals surface area contributed by atoms with Crippen molar-refractivity contribution in [2.45, 2.75) is 32.9 Å². The number of carbonyl (C=O) groups is 1. The quantitative estimate of drug-likeness (QED) is 0.785. The summed E-state index contributed by atoms with van der Waals surface area (Å²) in [6.45, 7) is 4.45. The molecular weight excluding hydrogens is 273 g/mol. The lowest BCUT2D eigenvalue weighted by molar-refractivity contribution is -0.141. The average molecular weight is 290 g/mol. The van der Waals surface area contributed by atoms with Crippen molar-refractivity contribution in [3.63, 3.8) is 0 Å². The maximum absolute atomic E-state index is 12.6. The van der Waals surface area contributed by atoms with Gasteiger partial charge < -0.3 is 10.4 Å². The topological polar surface area (TPSA) is 62.2 Å². The van der Waals surface area contributed by atoms with Crippen molar-refractivity contribution in [3.05, 3.63) is 23.4 Å². The van der Waals surface area contributed by atoms with Crippen molar-refractivity contribution < 1.29 is 23.1 Å². The second-order valence-corrected chi connectivity index (χ2v) is 4.86. The summed E-state index contributed by atoms with van der Waals surface area (Å²) >= 11 is 0. The van der Waals surface area contributed by atoms with Gasteiger partial charge in [-0.2, -0.15) is 13.2 Å². The molecule has 0 aliphatic carbocycles. The molecule has 0 spiro atoms. The van der Waals surface area contributed by atoms with E-state index in [4.69, 9.17) is 5.11 Å². The molecule has 1 rings (SSSR count). The Bertz CT molecular complexity index is 473. The number of nitrogens with zero attached hydrogens (tertiary/aromatic N) is 1. The number of aromatic nitrogens is 1. The Labute approximate surface area is 115 Å². The highest BCUT2D eigenvalue weighted by molar-refractivity contribution is 5.93. The third-order valence-electron chi connectivity index (χ3n) is 2.67. The summed E-state index contributed by atoms with van der Waals surface area (Å²) in [6.07, 6.45) is -2.96. The van der Waals surface area contributed by atoms with Crippen molar-refractivity contribution >= 4 is 11.8 Å². The maximum atomic E-state index is 12.6. The number of carboxylic acids is 1. The van der Waals surface area contributed by atoms with Crippen LogP contribution in [0.25, 0.3) is 0 Å². The van der Waals surface area contributed by atoms with Crippen molar-refractivity contribution in [1.29, 1.82) is 0 Å². The van der Waals surface area contributed by atoms with Crippen LogP contribution in [0, 0.1) is 5.92 Å². The summed E-state index contributed by atoms with van der Waals surface area (Å²) < 4.78 is 37.7. The molecular formula is C13H17F3N2O2. The monoisotopic (exact) mass is 290 g/mol. The minimum Gasteiger partial charge on any atom is -0.478 e. The smallest absolute Gasteiger partial charge is 0.433 e. The van der Waals surface area contributed by atoms with E-state index in [-0.39, 0.29) is 11.4 Å². The third kappa shape index (κ3) is 4.71. The first-order valence-electron chi connectivity index (χ1n) is 6.27. The molecule has 112 valence electrons. The molecule has 2 N–H and O–H groups in total. The van der Waals surface area contributed by atoms with Gasteiger partial charge in [0.15, 0.2) is 0 Å². The molecule has 7 heteroatoms. The molecule has 0 fully saturated rings. The van der Waals surface area contributed by atoms with E-state index in [2.05, 4.69) is 10.3 Å². The van der Waals surface area contributed by atoms with Crippen LogP contribution < -0.4 is 5.32 Å². The molecule has 0 aromatic carbocycles. The van der Waals surface area contributed by atoms with Gasteiger partial charge in [0, 0.05) is 6.54 Å². The maximum Gasteiger partial charge on any atom is 0.433 e. The standard InChI is InChI=1S/C13H17F3N2O2/c1-8(2)4-3-7-17-11-9(12(19)20)5-6-10(18-11)13(14,15)16/h5-6,8H,3-4,7H2,1-2H3,(H,17,18)(H,19,20). The van der Waals surface area contributed by atoms with Crippen LogP contribution in [0.3, 0.4) is 0 Å². The lowest BCUT2D eigenvalue weighted by atomic mass is 10.1. The fraction of sp³-hybridized carbons (Fsp3) is 0.538. The van der Waals surface area contributed by atoms with E-state index >= 15 is 0 Å². The summed E-state index contributed by atoms with van der Waals surface area (Å²) in [7, 11) is 0. The van der Waals surface area contributed by atoms with Gasteiger partial charge in [0.05, 0.1) is 0 Å². The molecule has 0 aliphatic rings. The molecule has 4 nitrogen and oxygen atoms in total. The second-order valence-electron chi connectivity index (χ2n) is 4.86. The van der Waals surface area contributed by atoms with Crippen molar-refractivity contribution in [2.24, 2.45) is 5.92 Å². The molecule has 20 heavy (non-hydrogen) atoms. The molecule has 0 saturated carbocycles. The van der Waals surface area contributed by atoms with Gasteiger partial charge in [-0.25, -0.2) is 9.78 Å². The van der Waals surface area contributed by atoms with E-state index in [1.165, 1.54) is 0 Å². The molecule has 0 aliphatic heterocycles. The number of nitrogens with one attached hydrogen (secondary N) is 1. The zero-order chi connectivity index (χ0) is 15.3. The van der Waals surface area contributed by atoms with Crippen molar-refractivity contribution in [2.75, 3.05) is 11.9 Å². The van der Waals surface area contributed by atoms with Gasteiger partial charge in [0.2, 0.25) is 0 Å². The van der Waals surface area contributed by atoms with Gasteiger partial charge in [-0.3, -0.25) is 0 Å². The van der Waals surface area contributed by atoms with Gasteiger partial charge in [0.1, 0.15) is 17.1 Å². The molecule has 0 atom stereocenters. The molecule has 0 bridgehead atoms. The number of alkyl halides is 3. The van der Waals surface area contributed by atoms with E-state index in [0.29, 0.717) is 18.5 Å². The highest BCUT2D eigenvalue weighted by Crippen LogP contribution is 2.29. The van der Waals surface area contributed by atoms with Crippen LogP contribution in [0.4, 0.5) is 19.0 Å². The highest BCUT2D eigenvalue weighted by Gasteiger charge is 2.33. The summed E-state index contributed by atoms with van der Waals surface area (Å²) in [6, 6.07) is 1.59. The van der Waals surface area contributed by atoms with Gasteiger partial charge in [0.25, 0.3) is 0 Å². The van der Waals surface area contributed by atoms with E-state index in [1.54, 1.807) is 0 Å². The fourth-order valence-corrected chi connectivity index (χ4v) is 1.64. The zero-order valence-corrected chi connectivity index (χ0v) is 11.3. The molecule has 1 heterocycles. The predicted octanol–water partition coefficient (Wildman–Crippen LogP) is 3.65. The highest BCUT2D eigenvalue weighted by atomic mass is 19.4. The van der Waals surface area contributed by atoms with Gasteiger partial charge in [-0.1, -0.05) is 13.8 Å². The normalized spacial score (nSPS) is 11.7. The van der Waals surface area contributed by atoms with Crippen molar-refractivity contribution in [1.82, 2.24) is 4.98 Å². The fourth-order valence-electron chi connectivity index (χ4n) is 1.64. The van der Waals surface area contributed by atoms with Crippen LogP contribution in [-0.2, 0) is 6.18 Å². The summed E-state index contributed by atoms with van der Waals surface area (Å²) in [5.74, 6) is -1.07. The van der Waals surface area contributed by atoms with Gasteiger partial charge in [-0.05, 0) is 30.9 Å². The first kappa shape index (κ1) is 16.3. The summed E-state index contributed by atoms with van der Waals surface area (Å²) in [5, 5.41) is 11.6. The van der Waals surface area contributed by atoms with Crippen LogP contribution in [0.15, 0.2) is 12.1 Å². The van der Waals surface area contributed by atoms with E-state index in [9.17, 15) is 18.0 Å². The number of halogens is 3. The lowest BCUT2D eigenvalue weighted by Crippen LogP contribution is -2.15. The Morgan fingerprint density at radius 3 is 2.55 bits per heavy atom. The van der Waals surface area contributed by atoms with Crippen LogP contribution in [0.1, 0.15) is 42.7 Å². The Morgan fingerprint density at radius 1 is 1.40 bits per heavy atom. The number of aromatic carboxylic acids is 1. The second kappa shape index (κ2) is 6.58. The molecule has 0 radical (unpaired) electrons. The lowest BCUT2D eigenvalue weighted by Gasteiger charge is -2.12. The minimum absolute atomic E-state index is 0.240. The Hall–Kier alpha value is -1.79. The zero-order valence-electron chi connectivity index (χ0n) is 11.3. The number of carboxylic acid groups (broad SMARTS) is 1. The Morgan fingerprint density at radius 2 is 2.05 bits per heavy atom. The van der Waals surface area contributed by atoms with Gasteiger partial charge in [-0.15, -0.1) is 0 Å². The number of rotatable bonds is 6. The Kier molecular flexibility index (Phi) is 5.35. The largest absolute Gasteiger partial charge is 0.478 e. The number of pyridine rings is 1. The number of hydrogen-bond acceptors (Lipinski definition) is 3. The molecule has 0 amide bonds. The van der Waals surface area contributed by atoms with Crippen molar-refractivity contribution in [3.8, 4) is 0 Å². The first-order valence-corrected chi connectivity index (χ1v) is 6.27. The number of anilines is 1. The minimum atomic E-state index is -4.59. The van der Waals surface area contributed by atoms with E-state index in [1.807, 2.05) is 13.8 Å². The molecule has 1 aromatic rings. The van der Waals surface area contributed by atoms with Crippen LogP contribution in [0.2, 0.25) is 0 Å². The molecule has 0 unspecified atom stereocenters. The third-order valence-corrected chi connectivity index (χ3v) is 2.67. The van der Waals surface area contributed by atoms with Gasteiger partial charge >= 0.3 is 12.1 Å². The summed E-state index contributed by atoms with van der Waals surface area (Å²) in [5.41, 5.74) is -1.36. The Balaban J connectivity index is 2.87. The van der Waals surface area contributed by atoms with E-state index in [0.717, 1.165) is 18.9 Å². The van der Waals surface area contributed by atoms with Crippen LogP contribution in [-0.4, -0.2) is 22.6 Å². The summed E-state index contributed by atoms with van der Waals surface area (Å²) in [4.78, 5) is 14.3. The predicted molar refractivity (Wildman–Crippen MR) is 68.8 cm³/mol. The van der Waals surface area contributed by atoms with Crippen LogP contribution in [0.5, 0.6) is 0 Å². The first-order chi connectivity index (χ1) is 9.21. The number of hydrogen-bond donors (Lipinski definition) is 2. The average Bonchev–Trinajstić information content (AvgIpc) is 2.32. The van der Waals surface area contributed by atoms with E-state index < -0.39 is 17.8 Å². The SMILES string of the molecule is CC(C)CCCNc1nc(C(F)(F)F)ccc1C(=O)O. The molecule has 1 aromatic heterocycles. The molecule has 0 saturated heterocycles.